The molecule has 3 heterocycles. The van der Waals surface area contributed by atoms with E-state index in [4.69, 9.17) is 4.74 Å². The molecule has 4 rings (SSSR count). The molecule has 0 unspecified atom stereocenters. The van der Waals surface area contributed by atoms with E-state index < -0.39 is 0 Å². The van der Waals surface area contributed by atoms with Crippen LogP contribution in [0.2, 0.25) is 0 Å². The average Bonchev–Trinajstić information content (AvgIpc) is 3.28. The number of nitrogens with zero attached hydrogens (tertiary/aromatic N) is 2. The van der Waals surface area contributed by atoms with Gasteiger partial charge < -0.3 is 19.9 Å². The van der Waals surface area contributed by atoms with Crippen LogP contribution in [0, 0.1) is 5.92 Å². The maximum absolute atomic E-state index is 12.5. The third kappa shape index (κ3) is 6.03. The number of benzene rings is 1. The molecule has 29 heavy (non-hydrogen) atoms. The summed E-state index contributed by atoms with van der Waals surface area (Å²) >= 11 is 0. The fourth-order valence-electron chi connectivity index (χ4n) is 5.15. The van der Waals surface area contributed by atoms with E-state index in [2.05, 4.69) is 45.4 Å². The van der Waals surface area contributed by atoms with Crippen molar-refractivity contribution < 1.29 is 9.53 Å². The van der Waals surface area contributed by atoms with E-state index in [1.807, 2.05) is 0 Å². The molecule has 1 amide bonds. The van der Waals surface area contributed by atoms with Crippen molar-refractivity contribution in [3.8, 4) is 0 Å². The Morgan fingerprint density at radius 1 is 1.00 bits per heavy atom. The van der Waals surface area contributed by atoms with Gasteiger partial charge in [-0.2, -0.15) is 0 Å². The van der Waals surface area contributed by atoms with Gasteiger partial charge in [0.1, 0.15) is 0 Å². The fourth-order valence-corrected chi connectivity index (χ4v) is 5.15. The molecule has 0 saturated carbocycles. The average molecular weight is 400 g/mol. The summed E-state index contributed by atoms with van der Waals surface area (Å²) < 4.78 is 5.37. The molecule has 1 N–H and O–H groups in total. The highest BCUT2D eigenvalue weighted by Crippen LogP contribution is 2.24. The number of hydrogen-bond donors (Lipinski definition) is 1. The van der Waals surface area contributed by atoms with Crippen molar-refractivity contribution in [1.29, 1.82) is 0 Å². The number of hydrogen-bond acceptors (Lipinski definition) is 4. The molecule has 3 fully saturated rings. The van der Waals surface area contributed by atoms with Gasteiger partial charge in [-0.15, -0.1) is 0 Å². The predicted molar refractivity (Wildman–Crippen MR) is 116 cm³/mol. The zero-order valence-corrected chi connectivity index (χ0v) is 17.7. The summed E-state index contributed by atoms with van der Waals surface area (Å²) in [5.74, 6) is 0.457. The van der Waals surface area contributed by atoms with Crippen LogP contribution in [0.3, 0.4) is 0 Å². The Balaban J connectivity index is 1.11. The van der Waals surface area contributed by atoms with Crippen molar-refractivity contribution >= 4 is 5.91 Å². The van der Waals surface area contributed by atoms with Crippen LogP contribution >= 0.6 is 0 Å². The first kappa shape index (κ1) is 20.8. The van der Waals surface area contributed by atoms with E-state index in [-0.39, 0.29) is 17.9 Å². The molecule has 160 valence electrons. The zero-order valence-electron chi connectivity index (χ0n) is 17.7. The van der Waals surface area contributed by atoms with Crippen LogP contribution in [0.15, 0.2) is 30.3 Å². The van der Waals surface area contributed by atoms with Gasteiger partial charge in [-0.3, -0.25) is 4.79 Å². The summed E-state index contributed by atoms with van der Waals surface area (Å²) in [5.41, 5.74) is 1.45. The molecule has 0 aliphatic carbocycles. The van der Waals surface area contributed by atoms with Gasteiger partial charge in [-0.1, -0.05) is 30.3 Å². The minimum Gasteiger partial charge on any atom is -0.379 e. The molecule has 1 atom stereocenters. The lowest BCUT2D eigenvalue weighted by atomic mass is 9.92. The number of ether oxygens (including phenoxy) is 1. The minimum absolute atomic E-state index is 0.199. The van der Waals surface area contributed by atoms with Crippen LogP contribution in [0.1, 0.15) is 44.1 Å². The molecule has 1 aromatic carbocycles. The lowest BCUT2D eigenvalue weighted by Crippen LogP contribution is -2.50. The largest absolute Gasteiger partial charge is 0.379 e. The minimum atomic E-state index is 0.199. The van der Waals surface area contributed by atoms with Crippen LogP contribution < -0.4 is 5.32 Å². The number of amides is 1. The van der Waals surface area contributed by atoms with Crippen LogP contribution in [0.5, 0.6) is 0 Å². The number of carbonyl (C=O) groups excluding carboxylic acids is 1. The lowest BCUT2D eigenvalue weighted by molar-refractivity contribution is -0.127. The third-order valence-electron chi connectivity index (χ3n) is 7.03. The highest BCUT2D eigenvalue weighted by Gasteiger charge is 2.31. The number of aryl methyl sites for hydroxylation is 1. The first-order valence-electron chi connectivity index (χ1n) is 11.7. The predicted octanol–water partition coefficient (Wildman–Crippen LogP) is 2.70. The first-order valence-corrected chi connectivity index (χ1v) is 11.7. The Bertz CT molecular complexity index is 616. The van der Waals surface area contributed by atoms with Gasteiger partial charge in [-0.05, 0) is 83.2 Å². The summed E-state index contributed by atoms with van der Waals surface area (Å²) in [5, 5.41) is 3.19. The van der Waals surface area contributed by atoms with Crippen LogP contribution in [0.25, 0.3) is 0 Å². The first-order chi connectivity index (χ1) is 14.3. The molecule has 0 spiro atoms. The number of likely N-dealkylation sites (tertiary alicyclic amines) is 2. The van der Waals surface area contributed by atoms with Gasteiger partial charge >= 0.3 is 0 Å². The zero-order chi connectivity index (χ0) is 19.9. The van der Waals surface area contributed by atoms with E-state index in [9.17, 15) is 4.79 Å². The van der Waals surface area contributed by atoms with Gasteiger partial charge in [-0.25, -0.2) is 0 Å². The van der Waals surface area contributed by atoms with Gasteiger partial charge in [0.25, 0.3) is 0 Å². The third-order valence-corrected chi connectivity index (χ3v) is 7.03. The molecule has 0 radical (unpaired) electrons. The Hall–Kier alpha value is -1.43. The van der Waals surface area contributed by atoms with Crippen molar-refractivity contribution in [3.63, 3.8) is 0 Å². The van der Waals surface area contributed by atoms with Crippen molar-refractivity contribution in [2.45, 2.75) is 57.0 Å². The maximum atomic E-state index is 12.5. The summed E-state index contributed by atoms with van der Waals surface area (Å²) in [7, 11) is 0. The molecule has 5 nitrogen and oxygen atoms in total. The molecule has 0 aromatic heterocycles. The summed E-state index contributed by atoms with van der Waals surface area (Å²) in [6, 6.07) is 11.8. The molecule has 3 aliphatic rings. The Morgan fingerprint density at radius 3 is 2.45 bits per heavy atom. The van der Waals surface area contributed by atoms with Crippen molar-refractivity contribution in [2.75, 3.05) is 45.9 Å². The summed E-state index contributed by atoms with van der Waals surface area (Å²) in [6.45, 7) is 7.30. The molecule has 5 heteroatoms. The van der Waals surface area contributed by atoms with E-state index in [1.165, 1.54) is 50.9 Å². The molecule has 1 aromatic rings. The Morgan fingerprint density at radius 2 is 1.76 bits per heavy atom. The Labute approximate surface area is 175 Å². The van der Waals surface area contributed by atoms with Crippen molar-refractivity contribution in [2.24, 2.45) is 5.92 Å². The molecule has 3 saturated heterocycles. The second kappa shape index (κ2) is 10.6. The standard InChI is InChI=1S/C24H37N3O2/c28-24(25-22-12-18-29-19-22)21-8-16-27(17-9-21)23-10-14-26(15-11-23)13-4-7-20-5-2-1-3-6-20/h1-3,5-6,21-23H,4,7-19H2,(H,25,28)/t22-/m1/s1. The normalized spacial score (nSPS) is 25.3. The van der Waals surface area contributed by atoms with Gasteiger partial charge in [0, 0.05) is 18.6 Å². The summed E-state index contributed by atoms with van der Waals surface area (Å²) in [6.07, 6.45) is 7.98. The topological polar surface area (TPSA) is 44.8 Å². The number of nitrogens with one attached hydrogen (secondary N) is 1. The summed E-state index contributed by atoms with van der Waals surface area (Å²) in [4.78, 5) is 17.8. The van der Waals surface area contributed by atoms with Crippen LogP contribution in [-0.4, -0.2) is 73.7 Å². The second-order valence-electron chi connectivity index (χ2n) is 9.04. The van der Waals surface area contributed by atoms with Crippen LogP contribution in [0.4, 0.5) is 0 Å². The van der Waals surface area contributed by atoms with E-state index in [1.54, 1.807) is 0 Å². The number of carbonyl (C=O) groups is 1. The highest BCUT2D eigenvalue weighted by atomic mass is 16.5. The van der Waals surface area contributed by atoms with E-state index in [0.717, 1.165) is 39.0 Å². The smallest absolute Gasteiger partial charge is 0.223 e. The van der Waals surface area contributed by atoms with Crippen LogP contribution in [-0.2, 0) is 16.0 Å². The molecule has 0 bridgehead atoms. The lowest BCUT2D eigenvalue weighted by Gasteiger charge is -2.41. The molecular weight excluding hydrogens is 362 g/mol. The van der Waals surface area contributed by atoms with Gasteiger partial charge in [0.2, 0.25) is 5.91 Å². The fraction of sp³-hybridized carbons (Fsp3) is 0.708. The second-order valence-corrected chi connectivity index (χ2v) is 9.04. The highest BCUT2D eigenvalue weighted by molar-refractivity contribution is 5.79. The van der Waals surface area contributed by atoms with Gasteiger partial charge in [0.05, 0.1) is 12.6 Å². The monoisotopic (exact) mass is 399 g/mol. The Kier molecular flexibility index (Phi) is 7.58. The quantitative estimate of drug-likeness (QED) is 0.766. The van der Waals surface area contributed by atoms with E-state index in [0.29, 0.717) is 12.6 Å². The molecular formula is C24H37N3O2. The number of rotatable bonds is 7. The van der Waals surface area contributed by atoms with Crippen molar-refractivity contribution in [1.82, 2.24) is 15.1 Å². The van der Waals surface area contributed by atoms with Crippen molar-refractivity contribution in [3.05, 3.63) is 35.9 Å². The van der Waals surface area contributed by atoms with E-state index >= 15 is 0 Å². The SMILES string of the molecule is O=C(N[C@@H]1CCOC1)C1CCN(C2CCN(CCCc3ccccc3)CC2)CC1. The maximum Gasteiger partial charge on any atom is 0.223 e. The number of piperidine rings is 2. The van der Waals surface area contributed by atoms with Gasteiger partial charge in [0.15, 0.2) is 0 Å². The molecule has 3 aliphatic heterocycles.